The van der Waals surface area contributed by atoms with Crippen LogP contribution in [0.3, 0.4) is 0 Å². The molecule has 0 aromatic heterocycles. The molecule has 0 bridgehead atoms. The van der Waals surface area contributed by atoms with Crippen LogP contribution >= 0.6 is 35.4 Å². The lowest BCUT2D eigenvalue weighted by Crippen LogP contribution is -2.58. The van der Waals surface area contributed by atoms with Crippen LogP contribution in [-0.2, 0) is 9.59 Å². The Balaban J connectivity index is 1.74. The highest BCUT2D eigenvalue weighted by Crippen LogP contribution is 2.22. The normalized spacial score (nSPS) is 17.0. The summed E-state index contributed by atoms with van der Waals surface area (Å²) in [6, 6.07) is 12.9. The number of carbonyl (C=O) groups is 3. The van der Waals surface area contributed by atoms with Gasteiger partial charge < -0.3 is 5.32 Å². The summed E-state index contributed by atoms with van der Waals surface area (Å²) in [4.78, 5) is 38.2. The van der Waals surface area contributed by atoms with E-state index in [9.17, 15) is 14.4 Å². The first-order valence-electron chi connectivity index (χ1n) is 7.91. The Labute approximate surface area is 175 Å². The highest BCUT2D eigenvalue weighted by atomic mass is 35.5. The Bertz CT molecular complexity index is 998. The van der Waals surface area contributed by atoms with Crippen LogP contribution in [0.25, 0.3) is 0 Å². The van der Waals surface area contributed by atoms with Gasteiger partial charge in [-0.1, -0.05) is 41.4 Å². The Kier molecular flexibility index (Phi) is 6.03. The fourth-order valence-electron chi connectivity index (χ4n) is 2.42. The fraction of sp³-hybridized carbons (Fsp3) is 0.0556. The Hall–Kier alpha value is -2.81. The number of hydrogen-bond donors (Lipinski definition) is 2. The van der Waals surface area contributed by atoms with Gasteiger partial charge in [0.25, 0.3) is 11.8 Å². The number of anilines is 1. The molecule has 7 nitrogen and oxygen atoms in total. The van der Waals surface area contributed by atoms with Crippen molar-refractivity contribution in [3.63, 3.8) is 0 Å². The summed E-state index contributed by atoms with van der Waals surface area (Å²) in [6.45, 7) is 0. The number of hydrazone groups is 1. The number of halogens is 2. The van der Waals surface area contributed by atoms with Crippen molar-refractivity contribution >= 4 is 70.2 Å². The third kappa shape index (κ3) is 4.19. The molecule has 3 rings (SSSR count). The van der Waals surface area contributed by atoms with Gasteiger partial charge in [-0.2, -0.15) is 5.10 Å². The first kappa shape index (κ1) is 19.9. The van der Waals surface area contributed by atoms with Gasteiger partial charge in [0.15, 0.2) is 11.0 Å². The standard InChI is InChI=1S/C18H12Cl2N4O3S/c19-13-7-6-10(8-14(13)20)15(25)23-21-9-12-16(26)22-18(28)24(17(12)27)11-4-2-1-3-5-11/h1-9,12H,(H,23,25)(H,22,26,28)/b21-9-/t12-/m1/s1. The largest absolute Gasteiger partial charge is 0.301 e. The number of amides is 3. The second-order valence-electron chi connectivity index (χ2n) is 5.63. The zero-order chi connectivity index (χ0) is 20.3. The Morgan fingerprint density at radius 2 is 1.86 bits per heavy atom. The van der Waals surface area contributed by atoms with E-state index in [1.807, 2.05) is 0 Å². The summed E-state index contributed by atoms with van der Waals surface area (Å²) in [5, 5.41) is 6.68. The van der Waals surface area contributed by atoms with Crippen molar-refractivity contribution in [2.24, 2.45) is 11.0 Å². The molecule has 28 heavy (non-hydrogen) atoms. The molecule has 1 atom stereocenters. The van der Waals surface area contributed by atoms with Crippen LogP contribution in [0.1, 0.15) is 10.4 Å². The summed E-state index contributed by atoms with van der Waals surface area (Å²) in [7, 11) is 0. The van der Waals surface area contributed by atoms with E-state index < -0.39 is 23.6 Å². The summed E-state index contributed by atoms with van der Waals surface area (Å²) >= 11 is 16.8. The third-order valence-electron chi connectivity index (χ3n) is 3.79. The molecule has 2 aromatic carbocycles. The minimum absolute atomic E-state index is 0.0225. The van der Waals surface area contributed by atoms with Crippen molar-refractivity contribution in [2.45, 2.75) is 0 Å². The number of benzene rings is 2. The molecule has 1 aliphatic rings. The van der Waals surface area contributed by atoms with Crippen molar-refractivity contribution in [3.05, 3.63) is 64.1 Å². The molecular weight excluding hydrogens is 423 g/mol. The number of nitrogens with one attached hydrogen (secondary N) is 2. The van der Waals surface area contributed by atoms with Crippen molar-refractivity contribution in [3.8, 4) is 0 Å². The van der Waals surface area contributed by atoms with Crippen molar-refractivity contribution < 1.29 is 14.4 Å². The SMILES string of the molecule is O=C(N/N=C\[C@@H]1C(=O)NC(=S)N(c2ccccc2)C1=O)c1ccc(Cl)c(Cl)c1. The fourth-order valence-corrected chi connectivity index (χ4v) is 3.01. The quantitative estimate of drug-likeness (QED) is 0.335. The topological polar surface area (TPSA) is 90.9 Å². The third-order valence-corrected chi connectivity index (χ3v) is 4.81. The van der Waals surface area contributed by atoms with E-state index in [0.29, 0.717) is 10.7 Å². The molecule has 1 fully saturated rings. The van der Waals surface area contributed by atoms with E-state index in [4.69, 9.17) is 35.4 Å². The second kappa shape index (κ2) is 8.47. The number of para-hydroxylation sites is 1. The minimum atomic E-state index is -1.25. The maximum atomic E-state index is 12.7. The number of thiocarbonyl (C=S) groups is 1. The van der Waals surface area contributed by atoms with Gasteiger partial charge >= 0.3 is 0 Å². The van der Waals surface area contributed by atoms with Crippen molar-refractivity contribution in [1.82, 2.24) is 10.7 Å². The van der Waals surface area contributed by atoms with E-state index in [1.165, 1.54) is 23.1 Å². The van der Waals surface area contributed by atoms with Crippen LogP contribution in [0.15, 0.2) is 53.6 Å². The van der Waals surface area contributed by atoms with Crippen LogP contribution in [0.5, 0.6) is 0 Å². The molecule has 10 heteroatoms. The summed E-state index contributed by atoms with van der Waals surface area (Å²) in [6.07, 6.45) is 1.05. The van der Waals surface area contributed by atoms with E-state index in [0.717, 1.165) is 6.21 Å². The Morgan fingerprint density at radius 1 is 1.14 bits per heavy atom. The molecule has 2 aromatic rings. The van der Waals surface area contributed by atoms with E-state index >= 15 is 0 Å². The lowest BCUT2D eigenvalue weighted by Gasteiger charge is -2.30. The first-order valence-corrected chi connectivity index (χ1v) is 9.07. The minimum Gasteiger partial charge on any atom is -0.301 e. The van der Waals surface area contributed by atoms with Gasteiger partial charge in [0.05, 0.1) is 15.7 Å². The molecule has 142 valence electrons. The molecule has 0 spiro atoms. The molecule has 0 aliphatic carbocycles. The number of carbonyl (C=O) groups excluding carboxylic acids is 3. The average Bonchev–Trinajstić information content (AvgIpc) is 2.67. The van der Waals surface area contributed by atoms with Crippen LogP contribution in [0.4, 0.5) is 5.69 Å². The molecule has 2 N–H and O–H groups in total. The van der Waals surface area contributed by atoms with Gasteiger partial charge in [-0.25, -0.2) is 5.43 Å². The monoisotopic (exact) mass is 434 g/mol. The van der Waals surface area contributed by atoms with Crippen LogP contribution in [0.2, 0.25) is 10.0 Å². The van der Waals surface area contributed by atoms with E-state index in [2.05, 4.69) is 15.8 Å². The van der Waals surface area contributed by atoms with Gasteiger partial charge in [-0.3, -0.25) is 19.3 Å². The molecule has 0 radical (unpaired) electrons. The highest BCUT2D eigenvalue weighted by molar-refractivity contribution is 7.80. The lowest BCUT2D eigenvalue weighted by molar-refractivity contribution is -0.130. The number of nitrogens with zero attached hydrogens (tertiary/aromatic N) is 2. The maximum absolute atomic E-state index is 12.7. The van der Waals surface area contributed by atoms with Crippen molar-refractivity contribution in [2.75, 3.05) is 4.90 Å². The van der Waals surface area contributed by atoms with Gasteiger partial charge in [0, 0.05) is 11.8 Å². The Morgan fingerprint density at radius 3 is 2.54 bits per heavy atom. The molecule has 0 unspecified atom stereocenters. The summed E-state index contributed by atoms with van der Waals surface area (Å²) in [5.74, 6) is -3.03. The van der Waals surface area contributed by atoms with Gasteiger partial charge in [0.2, 0.25) is 5.91 Å². The molecule has 0 saturated carbocycles. The summed E-state index contributed by atoms with van der Waals surface area (Å²) < 4.78 is 0. The van der Waals surface area contributed by atoms with E-state index in [1.54, 1.807) is 30.3 Å². The van der Waals surface area contributed by atoms with Gasteiger partial charge in [-0.05, 0) is 42.5 Å². The molecular formula is C18H12Cl2N4O3S. The molecule has 3 amide bonds. The number of hydrogen-bond acceptors (Lipinski definition) is 5. The maximum Gasteiger partial charge on any atom is 0.271 e. The van der Waals surface area contributed by atoms with Crippen LogP contribution in [0, 0.1) is 5.92 Å². The van der Waals surface area contributed by atoms with Gasteiger partial charge in [-0.15, -0.1) is 0 Å². The zero-order valence-corrected chi connectivity index (χ0v) is 16.4. The van der Waals surface area contributed by atoms with E-state index in [-0.39, 0.29) is 15.7 Å². The van der Waals surface area contributed by atoms with Crippen molar-refractivity contribution in [1.29, 1.82) is 0 Å². The number of rotatable bonds is 4. The zero-order valence-electron chi connectivity index (χ0n) is 14.1. The van der Waals surface area contributed by atoms with Gasteiger partial charge in [0.1, 0.15) is 0 Å². The molecule has 1 aliphatic heterocycles. The predicted octanol–water partition coefficient (Wildman–Crippen LogP) is 2.77. The predicted molar refractivity (Wildman–Crippen MR) is 111 cm³/mol. The molecule has 1 heterocycles. The van der Waals surface area contributed by atoms with Crippen LogP contribution in [-0.4, -0.2) is 29.0 Å². The smallest absolute Gasteiger partial charge is 0.271 e. The first-order chi connectivity index (χ1) is 13.4. The molecule has 1 saturated heterocycles. The second-order valence-corrected chi connectivity index (χ2v) is 6.83. The lowest BCUT2D eigenvalue weighted by atomic mass is 10.1. The summed E-state index contributed by atoms with van der Waals surface area (Å²) in [5.41, 5.74) is 2.98. The average molecular weight is 435 g/mol. The van der Waals surface area contributed by atoms with Crippen LogP contribution < -0.4 is 15.6 Å². The highest BCUT2D eigenvalue weighted by Gasteiger charge is 2.38.